The van der Waals surface area contributed by atoms with E-state index in [1.807, 2.05) is 6.07 Å². The third kappa shape index (κ3) is 2.34. The van der Waals surface area contributed by atoms with Crippen molar-refractivity contribution in [2.45, 2.75) is 6.54 Å². The molecule has 2 aromatic heterocycles. The first kappa shape index (κ1) is 10.1. The molecular formula is C7H5Br2N3OS. The minimum absolute atomic E-state index is 0.597. The van der Waals surface area contributed by atoms with E-state index in [0.29, 0.717) is 11.2 Å². The van der Waals surface area contributed by atoms with Gasteiger partial charge in [0.15, 0.2) is 4.67 Å². The largest absolute Gasteiger partial charge is 0.451 e. The first-order chi connectivity index (χ1) is 6.75. The minimum atomic E-state index is 0.597. The second-order valence-electron chi connectivity index (χ2n) is 2.43. The Bertz CT molecular complexity index is 395. The summed E-state index contributed by atoms with van der Waals surface area (Å²) in [6, 6.07) is 1.90. The van der Waals surface area contributed by atoms with Crippen LogP contribution in [0.4, 0.5) is 5.13 Å². The van der Waals surface area contributed by atoms with Gasteiger partial charge in [0.1, 0.15) is 11.3 Å². The van der Waals surface area contributed by atoms with Crippen molar-refractivity contribution in [2.24, 2.45) is 0 Å². The molecule has 0 amide bonds. The predicted octanol–water partition coefficient (Wildman–Crippen LogP) is 3.27. The number of aromatic nitrogens is 2. The standard InChI is InChI=1S/C7H5Br2N3OS/c8-5-1-4(13-6(5)9)2-10-7-12-11-3-14-7/h1,3H,2H2,(H,10,12). The van der Waals surface area contributed by atoms with E-state index in [4.69, 9.17) is 4.42 Å². The van der Waals surface area contributed by atoms with Gasteiger partial charge in [-0.1, -0.05) is 11.3 Å². The predicted molar refractivity (Wildman–Crippen MR) is 61.3 cm³/mol. The second kappa shape index (κ2) is 4.41. The molecule has 0 bridgehead atoms. The van der Waals surface area contributed by atoms with Crippen LogP contribution in [0.25, 0.3) is 0 Å². The summed E-state index contributed by atoms with van der Waals surface area (Å²) < 4.78 is 6.99. The van der Waals surface area contributed by atoms with Crippen LogP contribution in [0.5, 0.6) is 0 Å². The maximum Gasteiger partial charge on any atom is 0.205 e. The Morgan fingerprint density at radius 2 is 2.36 bits per heavy atom. The summed E-state index contributed by atoms with van der Waals surface area (Å²) in [6.07, 6.45) is 0. The number of hydrogen-bond donors (Lipinski definition) is 1. The lowest BCUT2D eigenvalue weighted by atomic mass is 10.4. The molecule has 0 saturated carbocycles. The molecular weight excluding hydrogens is 334 g/mol. The van der Waals surface area contributed by atoms with Gasteiger partial charge in [0, 0.05) is 0 Å². The molecule has 0 spiro atoms. The van der Waals surface area contributed by atoms with E-state index in [1.165, 1.54) is 11.3 Å². The highest BCUT2D eigenvalue weighted by molar-refractivity contribution is 9.13. The molecule has 0 aliphatic heterocycles. The molecule has 4 nitrogen and oxygen atoms in total. The third-order valence-electron chi connectivity index (χ3n) is 1.47. The summed E-state index contributed by atoms with van der Waals surface area (Å²) >= 11 is 8.06. The van der Waals surface area contributed by atoms with E-state index < -0.39 is 0 Å². The van der Waals surface area contributed by atoms with Gasteiger partial charge >= 0.3 is 0 Å². The molecule has 74 valence electrons. The maximum absolute atomic E-state index is 5.38. The number of anilines is 1. The van der Waals surface area contributed by atoms with Crippen molar-refractivity contribution >= 4 is 48.3 Å². The topological polar surface area (TPSA) is 51.0 Å². The van der Waals surface area contributed by atoms with Crippen LogP contribution in [-0.2, 0) is 6.54 Å². The van der Waals surface area contributed by atoms with Crippen molar-refractivity contribution < 1.29 is 4.42 Å². The van der Waals surface area contributed by atoms with Crippen LogP contribution in [0.1, 0.15) is 5.76 Å². The van der Waals surface area contributed by atoms with Crippen LogP contribution in [-0.4, -0.2) is 10.2 Å². The highest BCUT2D eigenvalue weighted by Crippen LogP contribution is 2.27. The summed E-state index contributed by atoms with van der Waals surface area (Å²) in [5, 5.41) is 11.4. The lowest BCUT2D eigenvalue weighted by Gasteiger charge is -1.96. The van der Waals surface area contributed by atoms with Gasteiger partial charge in [-0.3, -0.25) is 0 Å². The third-order valence-corrected chi connectivity index (χ3v) is 3.83. The average molecular weight is 339 g/mol. The number of halogens is 2. The summed E-state index contributed by atoms with van der Waals surface area (Å²) in [7, 11) is 0. The van der Waals surface area contributed by atoms with Crippen LogP contribution in [0.2, 0.25) is 0 Å². The zero-order chi connectivity index (χ0) is 9.97. The molecule has 2 heterocycles. The van der Waals surface area contributed by atoms with E-state index in [0.717, 1.165) is 15.4 Å². The fraction of sp³-hybridized carbons (Fsp3) is 0.143. The summed E-state index contributed by atoms with van der Waals surface area (Å²) in [6.45, 7) is 0.597. The normalized spacial score (nSPS) is 10.4. The number of rotatable bonds is 3. The van der Waals surface area contributed by atoms with E-state index in [9.17, 15) is 0 Å². The lowest BCUT2D eigenvalue weighted by Crippen LogP contribution is -1.97. The molecule has 2 aromatic rings. The Kier molecular flexibility index (Phi) is 3.19. The van der Waals surface area contributed by atoms with Crippen LogP contribution in [0.15, 0.2) is 25.1 Å². The molecule has 0 unspecified atom stereocenters. The molecule has 0 fully saturated rings. The fourth-order valence-corrected chi connectivity index (χ4v) is 1.99. The summed E-state index contributed by atoms with van der Waals surface area (Å²) in [5.41, 5.74) is 1.68. The molecule has 0 aliphatic rings. The van der Waals surface area contributed by atoms with Crippen LogP contribution >= 0.6 is 43.2 Å². The smallest absolute Gasteiger partial charge is 0.205 e. The van der Waals surface area contributed by atoms with Gasteiger partial charge in [0.2, 0.25) is 5.13 Å². The maximum atomic E-state index is 5.38. The zero-order valence-corrected chi connectivity index (χ0v) is 10.8. The van der Waals surface area contributed by atoms with E-state index >= 15 is 0 Å². The second-order valence-corrected chi connectivity index (χ2v) is 4.84. The van der Waals surface area contributed by atoms with Gasteiger partial charge in [-0.25, -0.2) is 0 Å². The molecule has 1 N–H and O–H groups in total. The van der Waals surface area contributed by atoms with Crippen molar-refractivity contribution in [1.82, 2.24) is 10.2 Å². The van der Waals surface area contributed by atoms with E-state index in [-0.39, 0.29) is 0 Å². The minimum Gasteiger partial charge on any atom is -0.451 e. The number of furan rings is 1. The molecule has 14 heavy (non-hydrogen) atoms. The highest BCUT2D eigenvalue weighted by atomic mass is 79.9. The van der Waals surface area contributed by atoms with Gasteiger partial charge in [-0.2, -0.15) is 0 Å². The Morgan fingerprint density at radius 3 is 2.93 bits per heavy atom. The van der Waals surface area contributed by atoms with Crippen LogP contribution in [0.3, 0.4) is 0 Å². The Balaban J connectivity index is 1.98. The Morgan fingerprint density at radius 1 is 1.50 bits per heavy atom. The quantitative estimate of drug-likeness (QED) is 0.933. The van der Waals surface area contributed by atoms with Crippen molar-refractivity contribution in [3.63, 3.8) is 0 Å². The van der Waals surface area contributed by atoms with Crippen molar-refractivity contribution in [2.75, 3.05) is 5.32 Å². The van der Waals surface area contributed by atoms with Crippen LogP contribution < -0.4 is 5.32 Å². The zero-order valence-electron chi connectivity index (χ0n) is 6.83. The monoisotopic (exact) mass is 337 g/mol. The molecule has 0 aliphatic carbocycles. The van der Waals surface area contributed by atoms with Crippen LogP contribution in [0, 0.1) is 0 Å². The molecule has 2 rings (SSSR count). The Labute approximate surface area is 101 Å². The van der Waals surface area contributed by atoms with Gasteiger partial charge in [-0.05, 0) is 37.9 Å². The highest BCUT2D eigenvalue weighted by Gasteiger charge is 2.06. The van der Waals surface area contributed by atoms with Gasteiger partial charge in [0.25, 0.3) is 0 Å². The van der Waals surface area contributed by atoms with Crippen molar-refractivity contribution in [3.8, 4) is 0 Å². The first-order valence-electron chi connectivity index (χ1n) is 3.69. The van der Waals surface area contributed by atoms with Gasteiger partial charge in [0.05, 0.1) is 11.0 Å². The van der Waals surface area contributed by atoms with E-state index in [2.05, 4.69) is 47.4 Å². The summed E-state index contributed by atoms with van der Waals surface area (Å²) in [5.74, 6) is 0.832. The number of nitrogens with zero attached hydrogens (tertiary/aromatic N) is 2. The molecule has 0 radical (unpaired) electrons. The molecule has 7 heteroatoms. The molecule has 0 aromatic carbocycles. The SMILES string of the molecule is Brc1cc(CNc2nncs2)oc1Br. The first-order valence-corrected chi connectivity index (χ1v) is 6.16. The van der Waals surface area contributed by atoms with Crippen molar-refractivity contribution in [3.05, 3.63) is 26.5 Å². The van der Waals surface area contributed by atoms with Gasteiger partial charge < -0.3 is 9.73 Å². The number of hydrogen-bond acceptors (Lipinski definition) is 5. The Hall–Kier alpha value is -0.400. The molecule has 0 saturated heterocycles. The van der Waals surface area contributed by atoms with Gasteiger partial charge in [-0.15, -0.1) is 10.2 Å². The van der Waals surface area contributed by atoms with Crippen molar-refractivity contribution in [1.29, 1.82) is 0 Å². The summed E-state index contributed by atoms with van der Waals surface area (Å²) in [4.78, 5) is 0. The molecule has 0 atom stereocenters. The lowest BCUT2D eigenvalue weighted by molar-refractivity contribution is 0.494. The fourth-order valence-electron chi connectivity index (χ4n) is 0.891. The average Bonchev–Trinajstić information content (AvgIpc) is 2.74. The van der Waals surface area contributed by atoms with E-state index in [1.54, 1.807) is 5.51 Å². The number of nitrogens with one attached hydrogen (secondary N) is 1.